The van der Waals surface area contributed by atoms with Crippen molar-refractivity contribution in [3.05, 3.63) is 65.2 Å². The number of benzene rings is 2. The average Bonchev–Trinajstić information content (AvgIpc) is 2.73. The third kappa shape index (κ3) is 6.87. The van der Waals surface area contributed by atoms with Gasteiger partial charge in [-0.2, -0.15) is 0 Å². The Morgan fingerprint density at radius 1 is 1.00 bits per heavy atom. The van der Waals surface area contributed by atoms with Gasteiger partial charge in [-0.15, -0.1) is 0 Å². The largest absolute Gasteiger partial charge is 0.348 e. The van der Waals surface area contributed by atoms with Crippen LogP contribution >= 0.6 is 0 Å². The van der Waals surface area contributed by atoms with Crippen molar-refractivity contribution in [3.8, 4) is 0 Å². The zero-order valence-corrected chi connectivity index (χ0v) is 19.3. The number of nitrogens with zero attached hydrogens (tertiary/aromatic N) is 2. The van der Waals surface area contributed by atoms with Crippen LogP contribution in [0.3, 0.4) is 0 Å². The second kappa shape index (κ2) is 10.4. The maximum absolute atomic E-state index is 12.6. The van der Waals surface area contributed by atoms with Gasteiger partial charge in [0.05, 0.1) is 4.90 Å². The molecule has 0 bridgehead atoms. The molecule has 2 aromatic carbocycles. The van der Waals surface area contributed by atoms with Gasteiger partial charge in [-0.1, -0.05) is 30.3 Å². The van der Waals surface area contributed by atoms with E-state index in [1.807, 2.05) is 12.1 Å². The number of carbonyl (C=O) groups excluding carboxylic acids is 1. The first kappa shape index (κ1) is 23.4. The molecule has 0 atom stereocenters. The van der Waals surface area contributed by atoms with Crippen LogP contribution in [0.1, 0.15) is 35.3 Å². The standard InChI is InChI=1S/C23H32N4O3S/c1-18(2)25-31(29,30)22-9-5-8-21(15-22)23(28)24-16-19-6-4-7-20(14-19)17-27-12-10-26(3)11-13-27/h4-9,14-15,18,25H,10-13,16-17H2,1-3H3,(H,24,28). The topological polar surface area (TPSA) is 81.7 Å². The second-order valence-electron chi connectivity index (χ2n) is 8.39. The molecule has 0 unspecified atom stereocenters. The number of hydrogen-bond acceptors (Lipinski definition) is 5. The van der Waals surface area contributed by atoms with E-state index in [9.17, 15) is 13.2 Å². The Balaban J connectivity index is 1.60. The molecule has 1 aliphatic rings. The predicted octanol–water partition coefficient (Wildman–Crippen LogP) is 2.05. The Hall–Kier alpha value is -2.26. The van der Waals surface area contributed by atoms with Crippen molar-refractivity contribution in [3.63, 3.8) is 0 Å². The molecular weight excluding hydrogens is 412 g/mol. The van der Waals surface area contributed by atoms with Gasteiger partial charge in [0.25, 0.3) is 5.91 Å². The normalized spacial score (nSPS) is 15.9. The van der Waals surface area contributed by atoms with Crippen LogP contribution in [0.2, 0.25) is 0 Å². The molecular formula is C23H32N4O3S. The molecule has 3 rings (SSSR count). The smallest absolute Gasteiger partial charge is 0.251 e. The summed E-state index contributed by atoms with van der Waals surface area (Å²) in [7, 11) is -1.50. The summed E-state index contributed by atoms with van der Waals surface area (Å²) in [4.78, 5) is 17.5. The van der Waals surface area contributed by atoms with Crippen molar-refractivity contribution in [2.24, 2.45) is 0 Å². The molecule has 7 nitrogen and oxygen atoms in total. The van der Waals surface area contributed by atoms with Crippen LogP contribution in [0, 0.1) is 0 Å². The molecule has 1 heterocycles. The summed E-state index contributed by atoms with van der Waals surface area (Å²) < 4.78 is 27.3. The fraction of sp³-hybridized carbons (Fsp3) is 0.435. The summed E-state index contributed by atoms with van der Waals surface area (Å²) in [5, 5.41) is 2.90. The summed E-state index contributed by atoms with van der Waals surface area (Å²) in [6.45, 7) is 9.08. The minimum atomic E-state index is -3.64. The molecule has 2 N–H and O–H groups in total. The summed E-state index contributed by atoms with van der Waals surface area (Å²) in [5.74, 6) is -0.300. The SMILES string of the molecule is CC(C)NS(=O)(=O)c1cccc(C(=O)NCc2cccc(CN3CCN(C)CC3)c2)c1. The van der Waals surface area contributed by atoms with E-state index in [0.717, 1.165) is 38.3 Å². The lowest BCUT2D eigenvalue weighted by molar-refractivity contribution is 0.0950. The lowest BCUT2D eigenvalue weighted by Gasteiger charge is -2.32. The van der Waals surface area contributed by atoms with E-state index in [2.05, 4.69) is 39.0 Å². The molecule has 0 saturated carbocycles. The Morgan fingerprint density at radius 3 is 2.39 bits per heavy atom. The van der Waals surface area contributed by atoms with Crippen LogP contribution in [0.15, 0.2) is 53.4 Å². The van der Waals surface area contributed by atoms with E-state index in [0.29, 0.717) is 12.1 Å². The number of piperazine rings is 1. The van der Waals surface area contributed by atoms with Crippen molar-refractivity contribution in [1.29, 1.82) is 0 Å². The van der Waals surface area contributed by atoms with E-state index < -0.39 is 10.0 Å². The molecule has 1 fully saturated rings. The third-order valence-corrected chi connectivity index (χ3v) is 6.90. The number of likely N-dealkylation sites (N-methyl/N-ethyl adjacent to an activating group) is 1. The van der Waals surface area contributed by atoms with Crippen LogP contribution in [0.4, 0.5) is 0 Å². The lowest BCUT2D eigenvalue weighted by Crippen LogP contribution is -2.43. The number of nitrogens with one attached hydrogen (secondary N) is 2. The van der Waals surface area contributed by atoms with Gasteiger partial charge in [0.1, 0.15) is 0 Å². The average molecular weight is 445 g/mol. The van der Waals surface area contributed by atoms with Gasteiger partial charge in [-0.05, 0) is 50.2 Å². The van der Waals surface area contributed by atoms with Gasteiger partial charge in [-0.3, -0.25) is 9.69 Å². The van der Waals surface area contributed by atoms with Gasteiger partial charge in [0.2, 0.25) is 10.0 Å². The van der Waals surface area contributed by atoms with Crippen molar-refractivity contribution in [2.45, 2.75) is 37.9 Å². The predicted molar refractivity (Wildman–Crippen MR) is 122 cm³/mol. The van der Waals surface area contributed by atoms with Gasteiger partial charge in [-0.25, -0.2) is 13.1 Å². The van der Waals surface area contributed by atoms with E-state index in [4.69, 9.17) is 0 Å². The van der Waals surface area contributed by atoms with Crippen molar-refractivity contribution >= 4 is 15.9 Å². The molecule has 0 spiro atoms. The molecule has 0 radical (unpaired) electrons. The minimum Gasteiger partial charge on any atom is -0.348 e. The van der Waals surface area contributed by atoms with Crippen LogP contribution in [0.5, 0.6) is 0 Å². The fourth-order valence-corrected chi connectivity index (χ4v) is 4.87. The second-order valence-corrected chi connectivity index (χ2v) is 10.1. The van der Waals surface area contributed by atoms with Crippen molar-refractivity contribution in [1.82, 2.24) is 19.8 Å². The van der Waals surface area contributed by atoms with Crippen LogP contribution < -0.4 is 10.0 Å². The maximum Gasteiger partial charge on any atom is 0.251 e. The van der Waals surface area contributed by atoms with Gasteiger partial charge in [0, 0.05) is 50.9 Å². The maximum atomic E-state index is 12.6. The van der Waals surface area contributed by atoms with Gasteiger partial charge < -0.3 is 10.2 Å². The number of amides is 1. The first-order valence-electron chi connectivity index (χ1n) is 10.6. The fourth-order valence-electron chi connectivity index (χ4n) is 3.57. The molecule has 0 aromatic heterocycles. The van der Waals surface area contributed by atoms with E-state index in [-0.39, 0.29) is 16.8 Å². The molecule has 1 amide bonds. The quantitative estimate of drug-likeness (QED) is 0.651. The molecule has 1 saturated heterocycles. The van der Waals surface area contributed by atoms with Gasteiger partial charge in [0.15, 0.2) is 0 Å². The van der Waals surface area contributed by atoms with E-state index in [1.165, 1.54) is 17.7 Å². The molecule has 2 aromatic rings. The zero-order chi connectivity index (χ0) is 22.4. The number of rotatable bonds is 8. The van der Waals surface area contributed by atoms with Crippen molar-refractivity contribution in [2.75, 3.05) is 33.2 Å². The van der Waals surface area contributed by atoms with Crippen LogP contribution in [-0.4, -0.2) is 63.4 Å². The molecule has 31 heavy (non-hydrogen) atoms. The van der Waals surface area contributed by atoms with E-state index in [1.54, 1.807) is 26.0 Å². The Morgan fingerprint density at radius 2 is 1.68 bits per heavy atom. The Labute approximate surface area is 185 Å². The number of sulfonamides is 1. The van der Waals surface area contributed by atoms with Crippen LogP contribution in [0.25, 0.3) is 0 Å². The van der Waals surface area contributed by atoms with Crippen molar-refractivity contribution < 1.29 is 13.2 Å². The monoisotopic (exact) mass is 444 g/mol. The highest BCUT2D eigenvalue weighted by molar-refractivity contribution is 7.89. The Bertz CT molecular complexity index is 999. The third-order valence-electron chi connectivity index (χ3n) is 5.24. The summed E-state index contributed by atoms with van der Waals surface area (Å²) in [6.07, 6.45) is 0. The first-order valence-corrected chi connectivity index (χ1v) is 12.1. The molecule has 168 valence electrons. The summed E-state index contributed by atoms with van der Waals surface area (Å²) >= 11 is 0. The summed E-state index contributed by atoms with van der Waals surface area (Å²) in [5.41, 5.74) is 2.56. The summed E-state index contributed by atoms with van der Waals surface area (Å²) in [6, 6.07) is 14.1. The lowest BCUT2D eigenvalue weighted by atomic mass is 10.1. The van der Waals surface area contributed by atoms with Crippen LogP contribution in [-0.2, 0) is 23.1 Å². The highest BCUT2D eigenvalue weighted by atomic mass is 32.2. The molecule has 8 heteroatoms. The molecule has 0 aliphatic carbocycles. The van der Waals surface area contributed by atoms with E-state index >= 15 is 0 Å². The highest BCUT2D eigenvalue weighted by Crippen LogP contribution is 2.13. The van der Waals surface area contributed by atoms with Gasteiger partial charge >= 0.3 is 0 Å². The zero-order valence-electron chi connectivity index (χ0n) is 18.5. The minimum absolute atomic E-state index is 0.0861. The molecule has 1 aliphatic heterocycles. The number of hydrogen-bond donors (Lipinski definition) is 2. The highest BCUT2D eigenvalue weighted by Gasteiger charge is 2.17. The first-order chi connectivity index (χ1) is 14.7. The Kier molecular flexibility index (Phi) is 7.83. The number of carbonyl (C=O) groups is 1.